The standard InChI is InChI=1S/C21H27N3O4S2/c1-16(2)28-19-10-9-17(30(26,27)24-12-6-3-7-13-24)14-18(19)23-20(25)15-29-21-8-4-5-11-22-21/h4-5,8-11,14,16H,3,6-7,12-13,15H2,1-2H3,(H,23,25). The molecule has 2 heterocycles. The van der Waals surface area contributed by atoms with E-state index in [1.54, 1.807) is 18.3 Å². The van der Waals surface area contributed by atoms with Gasteiger partial charge in [0.25, 0.3) is 0 Å². The number of pyridine rings is 1. The van der Waals surface area contributed by atoms with Crippen LogP contribution in [0.2, 0.25) is 0 Å². The lowest BCUT2D eigenvalue weighted by molar-refractivity contribution is -0.113. The quantitative estimate of drug-likeness (QED) is 0.617. The van der Waals surface area contributed by atoms with E-state index < -0.39 is 10.0 Å². The number of anilines is 1. The number of aromatic nitrogens is 1. The van der Waals surface area contributed by atoms with Crippen LogP contribution in [0.25, 0.3) is 0 Å². The fourth-order valence-electron chi connectivity index (χ4n) is 3.14. The molecule has 2 aromatic rings. The molecule has 30 heavy (non-hydrogen) atoms. The van der Waals surface area contributed by atoms with E-state index >= 15 is 0 Å². The Morgan fingerprint density at radius 1 is 1.20 bits per heavy atom. The minimum absolute atomic E-state index is 0.118. The Balaban J connectivity index is 1.79. The van der Waals surface area contributed by atoms with Gasteiger partial charge in [0.2, 0.25) is 15.9 Å². The maximum Gasteiger partial charge on any atom is 0.243 e. The molecule has 1 aromatic heterocycles. The molecule has 0 saturated carbocycles. The maximum absolute atomic E-state index is 13.0. The van der Waals surface area contributed by atoms with Gasteiger partial charge in [0, 0.05) is 19.3 Å². The molecule has 0 spiro atoms. The van der Waals surface area contributed by atoms with Gasteiger partial charge in [-0.2, -0.15) is 4.31 Å². The molecule has 3 rings (SSSR count). The minimum Gasteiger partial charge on any atom is -0.489 e. The number of ether oxygens (including phenoxy) is 1. The van der Waals surface area contributed by atoms with Gasteiger partial charge in [-0.05, 0) is 57.0 Å². The summed E-state index contributed by atoms with van der Waals surface area (Å²) in [6, 6.07) is 10.1. The number of rotatable bonds is 8. The maximum atomic E-state index is 13.0. The molecule has 0 atom stereocenters. The van der Waals surface area contributed by atoms with E-state index in [0.29, 0.717) is 24.5 Å². The molecule has 9 heteroatoms. The minimum atomic E-state index is -3.61. The molecule has 1 aliphatic rings. The molecule has 1 amide bonds. The van der Waals surface area contributed by atoms with E-state index in [9.17, 15) is 13.2 Å². The van der Waals surface area contributed by atoms with Crippen molar-refractivity contribution in [2.75, 3.05) is 24.2 Å². The SMILES string of the molecule is CC(C)Oc1ccc(S(=O)(=O)N2CCCCC2)cc1NC(=O)CSc1ccccn1. The van der Waals surface area contributed by atoms with Gasteiger partial charge in [-0.1, -0.05) is 24.2 Å². The Hall–Kier alpha value is -2.10. The van der Waals surface area contributed by atoms with Gasteiger partial charge in [0.05, 0.1) is 27.5 Å². The Morgan fingerprint density at radius 3 is 2.63 bits per heavy atom. The number of benzene rings is 1. The smallest absolute Gasteiger partial charge is 0.243 e. The summed E-state index contributed by atoms with van der Waals surface area (Å²) < 4.78 is 33.4. The highest BCUT2D eigenvalue weighted by atomic mass is 32.2. The topological polar surface area (TPSA) is 88.6 Å². The van der Waals surface area contributed by atoms with Crippen LogP contribution in [0.1, 0.15) is 33.1 Å². The zero-order chi connectivity index (χ0) is 21.6. The third-order valence-electron chi connectivity index (χ3n) is 4.53. The van der Waals surface area contributed by atoms with Crippen molar-refractivity contribution in [3.05, 3.63) is 42.6 Å². The van der Waals surface area contributed by atoms with Crippen LogP contribution in [0.3, 0.4) is 0 Å². The normalized spacial score (nSPS) is 15.2. The first-order valence-electron chi connectivity index (χ1n) is 10.0. The van der Waals surface area contributed by atoms with Gasteiger partial charge < -0.3 is 10.1 Å². The van der Waals surface area contributed by atoms with E-state index in [-0.39, 0.29) is 22.7 Å². The fraction of sp³-hybridized carbons (Fsp3) is 0.429. The number of hydrogen-bond acceptors (Lipinski definition) is 6. The third kappa shape index (κ3) is 5.96. The number of carbonyl (C=O) groups excluding carboxylic acids is 1. The molecule has 7 nitrogen and oxygen atoms in total. The molecule has 0 radical (unpaired) electrons. The van der Waals surface area contributed by atoms with Crippen LogP contribution in [0.15, 0.2) is 52.5 Å². The molecule has 1 aromatic carbocycles. The zero-order valence-corrected chi connectivity index (χ0v) is 18.8. The largest absolute Gasteiger partial charge is 0.489 e. The lowest BCUT2D eigenvalue weighted by atomic mass is 10.2. The summed E-state index contributed by atoms with van der Waals surface area (Å²) in [6.45, 7) is 4.80. The van der Waals surface area contributed by atoms with Crippen LogP contribution in [0.4, 0.5) is 5.69 Å². The summed E-state index contributed by atoms with van der Waals surface area (Å²) >= 11 is 1.31. The van der Waals surface area contributed by atoms with Gasteiger partial charge in [-0.25, -0.2) is 13.4 Å². The Morgan fingerprint density at radius 2 is 1.97 bits per heavy atom. The van der Waals surface area contributed by atoms with Crippen molar-refractivity contribution >= 4 is 33.4 Å². The van der Waals surface area contributed by atoms with E-state index in [2.05, 4.69) is 10.3 Å². The Kier molecular flexibility index (Phi) is 7.74. The van der Waals surface area contributed by atoms with Crippen molar-refractivity contribution in [2.24, 2.45) is 0 Å². The number of sulfonamides is 1. The molecule has 0 unspecified atom stereocenters. The van der Waals surface area contributed by atoms with Crippen LogP contribution in [0.5, 0.6) is 5.75 Å². The number of nitrogens with one attached hydrogen (secondary N) is 1. The van der Waals surface area contributed by atoms with Gasteiger partial charge in [-0.3, -0.25) is 4.79 Å². The van der Waals surface area contributed by atoms with Crippen LogP contribution in [-0.2, 0) is 14.8 Å². The number of piperidine rings is 1. The van der Waals surface area contributed by atoms with Crippen molar-refractivity contribution in [1.82, 2.24) is 9.29 Å². The summed E-state index contributed by atoms with van der Waals surface area (Å²) in [5.74, 6) is 0.340. The molecular weight excluding hydrogens is 422 g/mol. The average Bonchev–Trinajstić information content (AvgIpc) is 2.74. The van der Waals surface area contributed by atoms with Crippen LogP contribution in [0, 0.1) is 0 Å². The summed E-state index contributed by atoms with van der Waals surface area (Å²) in [5.41, 5.74) is 0.355. The summed E-state index contributed by atoms with van der Waals surface area (Å²) in [6.07, 6.45) is 4.32. The van der Waals surface area contributed by atoms with Crippen LogP contribution < -0.4 is 10.1 Å². The predicted octanol–water partition coefficient (Wildman–Crippen LogP) is 3.77. The van der Waals surface area contributed by atoms with Crippen molar-refractivity contribution in [2.45, 2.75) is 49.1 Å². The number of thioether (sulfide) groups is 1. The van der Waals surface area contributed by atoms with E-state index in [4.69, 9.17) is 4.74 Å². The highest BCUT2D eigenvalue weighted by Gasteiger charge is 2.27. The van der Waals surface area contributed by atoms with E-state index in [1.807, 2.05) is 32.0 Å². The van der Waals surface area contributed by atoms with Crippen molar-refractivity contribution in [3.63, 3.8) is 0 Å². The van der Waals surface area contributed by atoms with Gasteiger partial charge in [0.1, 0.15) is 5.75 Å². The molecule has 1 saturated heterocycles. The van der Waals surface area contributed by atoms with E-state index in [0.717, 1.165) is 24.3 Å². The number of carbonyl (C=O) groups is 1. The van der Waals surface area contributed by atoms with Crippen molar-refractivity contribution in [3.8, 4) is 5.75 Å². The highest BCUT2D eigenvalue weighted by Crippen LogP contribution is 2.31. The Labute approximate surface area is 182 Å². The number of amides is 1. The average molecular weight is 450 g/mol. The first kappa shape index (κ1) is 22.6. The van der Waals surface area contributed by atoms with Crippen molar-refractivity contribution in [1.29, 1.82) is 0 Å². The summed E-state index contributed by atoms with van der Waals surface area (Å²) in [7, 11) is -3.61. The molecule has 1 fully saturated rings. The number of hydrogen-bond donors (Lipinski definition) is 1. The second-order valence-corrected chi connectivity index (χ2v) is 10.2. The summed E-state index contributed by atoms with van der Waals surface area (Å²) in [5, 5.41) is 3.55. The van der Waals surface area contributed by atoms with Gasteiger partial charge in [-0.15, -0.1) is 0 Å². The second-order valence-electron chi connectivity index (χ2n) is 7.29. The second kappa shape index (κ2) is 10.3. The monoisotopic (exact) mass is 449 g/mol. The predicted molar refractivity (Wildman–Crippen MR) is 118 cm³/mol. The summed E-state index contributed by atoms with van der Waals surface area (Å²) in [4.78, 5) is 16.9. The molecule has 0 aliphatic carbocycles. The van der Waals surface area contributed by atoms with E-state index in [1.165, 1.54) is 22.1 Å². The van der Waals surface area contributed by atoms with Crippen LogP contribution >= 0.6 is 11.8 Å². The van der Waals surface area contributed by atoms with Crippen molar-refractivity contribution < 1.29 is 17.9 Å². The van der Waals surface area contributed by atoms with Gasteiger partial charge >= 0.3 is 0 Å². The fourth-order valence-corrected chi connectivity index (χ4v) is 5.34. The molecular formula is C21H27N3O4S2. The van der Waals surface area contributed by atoms with Crippen LogP contribution in [-0.4, -0.2) is 48.6 Å². The third-order valence-corrected chi connectivity index (χ3v) is 7.37. The molecule has 0 bridgehead atoms. The van der Waals surface area contributed by atoms with Gasteiger partial charge in [0.15, 0.2) is 0 Å². The first-order chi connectivity index (χ1) is 14.4. The Bertz CT molecular complexity index is 959. The lowest BCUT2D eigenvalue weighted by Crippen LogP contribution is -2.35. The molecule has 162 valence electrons. The lowest BCUT2D eigenvalue weighted by Gasteiger charge is -2.26. The first-order valence-corrected chi connectivity index (χ1v) is 12.4. The number of nitrogens with zero attached hydrogens (tertiary/aromatic N) is 2. The molecule has 1 aliphatic heterocycles. The molecule has 1 N–H and O–H groups in total. The highest BCUT2D eigenvalue weighted by molar-refractivity contribution is 7.99. The zero-order valence-electron chi connectivity index (χ0n) is 17.2.